The van der Waals surface area contributed by atoms with Crippen LogP contribution in [0.1, 0.15) is 30.5 Å². The molecule has 0 unspecified atom stereocenters. The summed E-state index contributed by atoms with van der Waals surface area (Å²) in [4.78, 5) is 4.43. The van der Waals surface area contributed by atoms with E-state index >= 15 is 4.48 Å². The second-order valence-electron chi connectivity index (χ2n) is 9.65. The van der Waals surface area contributed by atoms with Gasteiger partial charge in [-0.1, -0.05) is 46.4 Å². The van der Waals surface area contributed by atoms with Gasteiger partial charge in [-0.05, 0) is 85.9 Å². The standard InChI is InChI=1S/C33H35FN4O2/c1-21-7-9-25(10-8-21)23(3)18-36-19-24(4)38(34)28-12-13-29(22(2)15-28)30-16-27(20-37-33(30)35)26-11-14-31(39-5)32(17-26)40-6/h7-20,36H,1-6H3,(H2,35,37)/b23-18+,24-19+. The summed E-state index contributed by atoms with van der Waals surface area (Å²) in [5, 5.41) is 3.75. The number of methoxy groups -OCH3 is 2. The Morgan fingerprint density at radius 3 is 2.25 bits per heavy atom. The van der Waals surface area contributed by atoms with Gasteiger partial charge in [0.2, 0.25) is 0 Å². The second kappa shape index (κ2) is 12.4. The zero-order chi connectivity index (χ0) is 28.8. The maximum Gasteiger partial charge on any atom is 0.161 e. The summed E-state index contributed by atoms with van der Waals surface area (Å²) in [5.41, 5.74) is 14.8. The molecule has 40 heavy (non-hydrogen) atoms. The van der Waals surface area contributed by atoms with Gasteiger partial charge in [0.05, 0.1) is 25.6 Å². The second-order valence-corrected chi connectivity index (χ2v) is 9.65. The Hall–Kier alpha value is -4.78. The highest BCUT2D eigenvalue weighted by Crippen LogP contribution is 2.36. The molecule has 3 N–H and O–H groups in total. The minimum atomic E-state index is 0.396. The van der Waals surface area contributed by atoms with E-state index in [1.807, 2.05) is 50.4 Å². The molecule has 0 saturated heterocycles. The van der Waals surface area contributed by atoms with E-state index in [2.05, 4.69) is 41.5 Å². The van der Waals surface area contributed by atoms with Crippen LogP contribution in [0.3, 0.4) is 0 Å². The normalized spacial score (nSPS) is 11.8. The zero-order valence-electron chi connectivity index (χ0n) is 23.7. The van der Waals surface area contributed by atoms with E-state index in [0.717, 1.165) is 39.0 Å². The molecule has 0 aliphatic carbocycles. The minimum absolute atomic E-state index is 0.396. The highest BCUT2D eigenvalue weighted by molar-refractivity contribution is 5.82. The molecule has 0 saturated carbocycles. The zero-order valence-corrected chi connectivity index (χ0v) is 23.7. The molecule has 0 radical (unpaired) electrons. The molecular formula is C33H35FN4O2. The summed E-state index contributed by atoms with van der Waals surface area (Å²) in [6, 6.07) is 21.3. The monoisotopic (exact) mass is 538 g/mol. The quantitative estimate of drug-likeness (QED) is 0.212. The Bertz CT molecular complexity index is 1560. The third-order valence-electron chi connectivity index (χ3n) is 6.77. The summed E-state index contributed by atoms with van der Waals surface area (Å²) in [5.74, 6) is 1.67. The average Bonchev–Trinajstić information content (AvgIpc) is 2.97. The van der Waals surface area contributed by atoms with Gasteiger partial charge in [-0.15, -0.1) is 0 Å². The third-order valence-corrected chi connectivity index (χ3v) is 6.77. The number of aryl methyl sites for hydroxylation is 2. The van der Waals surface area contributed by atoms with Gasteiger partial charge in [-0.3, -0.25) is 0 Å². The maximum absolute atomic E-state index is 15.3. The molecule has 4 aromatic rings. The predicted octanol–water partition coefficient (Wildman–Crippen LogP) is 7.83. The number of nitrogens with two attached hydrogens (primary N) is 1. The summed E-state index contributed by atoms with van der Waals surface area (Å²) >= 11 is 0. The number of allylic oxidation sites excluding steroid dienone is 2. The Morgan fingerprint density at radius 2 is 1.57 bits per heavy atom. The van der Waals surface area contributed by atoms with Crippen LogP contribution < -0.4 is 25.6 Å². The van der Waals surface area contributed by atoms with Crippen LogP contribution in [0.5, 0.6) is 11.5 Å². The van der Waals surface area contributed by atoms with Crippen LogP contribution in [0.25, 0.3) is 27.8 Å². The number of nitrogens with one attached hydrogen (secondary N) is 1. The number of hydrogen-bond acceptors (Lipinski definition) is 6. The Balaban J connectivity index is 1.55. The minimum Gasteiger partial charge on any atom is -0.493 e. The van der Waals surface area contributed by atoms with Gasteiger partial charge in [0, 0.05) is 29.7 Å². The highest BCUT2D eigenvalue weighted by Gasteiger charge is 2.14. The van der Waals surface area contributed by atoms with Crippen molar-refractivity contribution in [3.63, 3.8) is 0 Å². The van der Waals surface area contributed by atoms with Gasteiger partial charge in [-0.25, -0.2) is 4.98 Å². The fourth-order valence-corrected chi connectivity index (χ4v) is 4.38. The molecular weight excluding hydrogens is 503 g/mol. The van der Waals surface area contributed by atoms with E-state index in [0.29, 0.717) is 33.8 Å². The van der Waals surface area contributed by atoms with Crippen molar-refractivity contribution in [2.45, 2.75) is 27.7 Å². The molecule has 0 spiro atoms. The molecule has 0 fully saturated rings. The molecule has 1 heterocycles. The number of ether oxygens (including phenoxy) is 2. The molecule has 0 aliphatic heterocycles. The number of halogens is 1. The topological polar surface area (TPSA) is 72.6 Å². The molecule has 0 bridgehead atoms. The summed E-state index contributed by atoms with van der Waals surface area (Å²) < 4.78 is 26.1. The number of aromatic nitrogens is 1. The van der Waals surface area contributed by atoms with Crippen molar-refractivity contribution >= 4 is 17.1 Å². The van der Waals surface area contributed by atoms with Crippen LogP contribution in [-0.2, 0) is 0 Å². The van der Waals surface area contributed by atoms with Crippen molar-refractivity contribution < 1.29 is 14.0 Å². The lowest BCUT2D eigenvalue weighted by atomic mass is 9.97. The molecule has 3 aromatic carbocycles. The lowest BCUT2D eigenvalue weighted by Gasteiger charge is -2.17. The first-order chi connectivity index (χ1) is 19.2. The van der Waals surface area contributed by atoms with E-state index in [-0.39, 0.29) is 0 Å². The predicted molar refractivity (Wildman–Crippen MR) is 163 cm³/mol. The van der Waals surface area contributed by atoms with Crippen molar-refractivity contribution in [3.8, 4) is 33.8 Å². The lowest BCUT2D eigenvalue weighted by Crippen LogP contribution is -2.11. The summed E-state index contributed by atoms with van der Waals surface area (Å²) in [6.07, 6.45) is 5.22. The summed E-state index contributed by atoms with van der Waals surface area (Å²) in [6.45, 7) is 7.71. The maximum atomic E-state index is 15.3. The average molecular weight is 539 g/mol. The number of benzene rings is 3. The van der Waals surface area contributed by atoms with Crippen LogP contribution >= 0.6 is 0 Å². The van der Waals surface area contributed by atoms with E-state index in [4.69, 9.17) is 15.2 Å². The van der Waals surface area contributed by atoms with Gasteiger partial charge in [0.15, 0.2) is 11.5 Å². The van der Waals surface area contributed by atoms with Gasteiger partial charge in [0.25, 0.3) is 0 Å². The smallest absolute Gasteiger partial charge is 0.161 e. The van der Waals surface area contributed by atoms with Gasteiger partial charge in [-0.2, -0.15) is 5.12 Å². The molecule has 7 heteroatoms. The molecule has 4 rings (SSSR count). The third kappa shape index (κ3) is 6.26. The molecule has 0 atom stereocenters. The number of nitrogens with zero attached hydrogens (tertiary/aromatic N) is 2. The van der Waals surface area contributed by atoms with Crippen molar-refractivity contribution in [1.29, 1.82) is 0 Å². The number of hydrogen-bond donors (Lipinski definition) is 2. The first-order valence-corrected chi connectivity index (χ1v) is 12.9. The fourth-order valence-electron chi connectivity index (χ4n) is 4.38. The molecule has 0 aliphatic rings. The highest BCUT2D eigenvalue weighted by atomic mass is 19.2. The van der Waals surface area contributed by atoms with E-state index in [9.17, 15) is 0 Å². The molecule has 206 valence electrons. The summed E-state index contributed by atoms with van der Waals surface area (Å²) in [7, 11) is 3.20. The van der Waals surface area contributed by atoms with Crippen molar-refractivity contribution in [1.82, 2.24) is 10.3 Å². The van der Waals surface area contributed by atoms with E-state index < -0.39 is 0 Å². The van der Waals surface area contributed by atoms with Crippen molar-refractivity contribution in [2.75, 3.05) is 25.1 Å². The fraction of sp³-hybridized carbons (Fsp3) is 0.182. The number of rotatable bonds is 9. The number of anilines is 2. The Kier molecular flexibility index (Phi) is 8.74. The number of pyridine rings is 1. The van der Waals surface area contributed by atoms with Crippen LogP contribution in [0.15, 0.2) is 91.0 Å². The Labute approximate surface area is 235 Å². The molecule has 0 amide bonds. The first kappa shape index (κ1) is 28.2. The van der Waals surface area contributed by atoms with E-state index in [1.54, 1.807) is 45.7 Å². The van der Waals surface area contributed by atoms with Crippen LogP contribution in [0.2, 0.25) is 0 Å². The van der Waals surface area contributed by atoms with Gasteiger partial charge >= 0.3 is 0 Å². The van der Waals surface area contributed by atoms with Crippen LogP contribution in [0, 0.1) is 13.8 Å². The van der Waals surface area contributed by atoms with Gasteiger partial charge < -0.3 is 20.5 Å². The van der Waals surface area contributed by atoms with Crippen molar-refractivity contribution in [2.24, 2.45) is 0 Å². The first-order valence-electron chi connectivity index (χ1n) is 12.9. The molecule has 1 aromatic heterocycles. The lowest BCUT2D eigenvalue weighted by molar-refractivity contribution is 0.355. The Morgan fingerprint density at radius 1 is 0.850 bits per heavy atom. The van der Waals surface area contributed by atoms with Crippen LogP contribution in [0.4, 0.5) is 16.0 Å². The molecule has 6 nitrogen and oxygen atoms in total. The van der Waals surface area contributed by atoms with Crippen molar-refractivity contribution in [3.05, 3.63) is 108 Å². The van der Waals surface area contributed by atoms with Crippen LogP contribution in [-0.4, -0.2) is 19.2 Å². The SMILES string of the molecule is COc1ccc(-c2cnc(N)c(-c3ccc(N(F)/C(C)=C/N/C=C(\C)c4ccc(C)cc4)cc3C)c2)cc1OC. The van der Waals surface area contributed by atoms with Gasteiger partial charge in [0.1, 0.15) is 5.82 Å². The largest absolute Gasteiger partial charge is 0.493 e. The van der Waals surface area contributed by atoms with E-state index in [1.165, 1.54) is 5.56 Å². The number of nitrogen functional groups attached to an aromatic ring is 1.